The van der Waals surface area contributed by atoms with E-state index in [4.69, 9.17) is 4.74 Å². The van der Waals surface area contributed by atoms with Crippen LogP contribution in [-0.4, -0.2) is 37.0 Å². The Morgan fingerprint density at radius 3 is 2.83 bits per heavy atom. The number of nitrogens with one attached hydrogen (secondary N) is 1. The molecule has 1 aliphatic heterocycles. The molecular formula is C11H19N3O3S. The first-order valence-electron chi connectivity index (χ1n) is 6.04. The van der Waals surface area contributed by atoms with Crippen molar-refractivity contribution in [2.24, 2.45) is 7.05 Å². The molecule has 0 aliphatic carbocycles. The Labute approximate surface area is 107 Å². The van der Waals surface area contributed by atoms with Crippen LogP contribution in [0.3, 0.4) is 0 Å². The van der Waals surface area contributed by atoms with Gasteiger partial charge in [0.25, 0.3) is 0 Å². The minimum absolute atomic E-state index is 0.0308. The molecule has 7 heteroatoms. The van der Waals surface area contributed by atoms with Crippen LogP contribution >= 0.6 is 0 Å². The molecule has 0 spiro atoms. The van der Waals surface area contributed by atoms with E-state index < -0.39 is 10.0 Å². The molecule has 6 nitrogen and oxygen atoms in total. The molecule has 0 radical (unpaired) electrons. The molecule has 1 saturated heterocycles. The Balaban J connectivity index is 2.14. The van der Waals surface area contributed by atoms with E-state index in [0.29, 0.717) is 12.3 Å². The van der Waals surface area contributed by atoms with Gasteiger partial charge < -0.3 is 4.74 Å². The van der Waals surface area contributed by atoms with Gasteiger partial charge in [-0.2, -0.15) is 5.10 Å². The third kappa shape index (κ3) is 2.57. The van der Waals surface area contributed by atoms with Gasteiger partial charge in [-0.3, -0.25) is 4.68 Å². The lowest BCUT2D eigenvalue weighted by molar-refractivity contribution is 0.0902. The van der Waals surface area contributed by atoms with Crippen molar-refractivity contribution >= 4 is 10.0 Å². The highest BCUT2D eigenvalue weighted by Gasteiger charge is 2.28. The first-order valence-corrected chi connectivity index (χ1v) is 7.52. The molecule has 2 unspecified atom stereocenters. The van der Waals surface area contributed by atoms with Gasteiger partial charge in [-0.25, -0.2) is 13.1 Å². The van der Waals surface area contributed by atoms with E-state index in [1.807, 2.05) is 6.92 Å². The Hall–Kier alpha value is -0.920. The first-order chi connectivity index (χ1) is 8.42. The molecule has 1 aromatic rings. The van der Waals surface area contributed by atoms with E-state index in [9.17, 15) is 8.42 Å². The summed E-state index contributed by atoms with van der Waals surface area (Å²) in [5.74, 6) is 0. The Morgan fingerprint density at radius 2 is 2.33 bits per heavy atom. The maximum absolute atomic E-state index is 12.2. The molecule has 1 aromatic heterocycles. The van der Waals surface area contributed by atoms with Crippen LogP contribution in [-0.2, 0) is 21.8 Å². The standard InChI is InChI=1S/C11H19N3O3S/c1-8(10-5-4-6-17-10)13-18(15,16)11-7-12-14(3)9(11)2/h7-8,10,13H,4-6H2,1-3H3. The fourth-order valence-electron chi connectivity index (χ4n) is 2.12. The number of hydrogen-bond acceptors (Lipinski definition) is 4. The van der Waals surface area contributed by atoms with Gasteiger partial charge in [0.15, 0.2) is 0 Å². The summed E-state index contributed by atoms with van der Waals surface area (Å²) in [7, 11) is -1.80. The zero-order valence-corrected chi connectivity index (χ0v) is 11.7. The minimum Gasteiger partial charge on any atom is -0.377 e. The number of ether oxygens (including phenoxy) is 1. The number of aromatic nitrogens is 2. The summed E-state index contributed by atoms with van der Waals surface area (Å²) in [6.45, 7) is 4.28. The van der Waals surface area contributed by atoms with E-state index in [-0.39, 0.29) is 17.0 Å². The van der Waals surface area contributed by atoms with E-state index in [0.717, 1.165) is 12.8 Å². The molecule has 18 heavy (non-hydrogen) atoms. The van der Waals surface area contributed by atoms with Crippen molar-refractivity contribution in [3.8, 4) is 0 Å². The van der Waals surface area contributed by atoms with Crippen LogP contribution in [0.5, 0.6) is 0 Å². The van der Waals surface area contributed by atoms with Gasteiger partial charge in [0.1, 0.15) is 4.90 Å². The molecule has 2 rings (SSSR count). The second-order valence-corrected chi connectivity index (χ2v) is 6.36. The summed E-state index contributed by atoms with van der Waals surface area (Å²) in [6.07, 6.45) is 3.23. The highest BCUT2D eigenvalue weighted by atomic mass is 32.2. The zero-order chi connectivity index (χ0) is 13.3. The maximum Gasteiger partial charge on any atom is 0.244 e. The molecule has 1 fully saturated rings. The lowest BCUT2D eigenvalue weighted by atomic mass is 10.1. The summed E-state index contributed by atoms with van der Waals surface area (Å²) in [5.41, 5.74) is 0.627. The van der Waals surface area contributed by atoms with E-state index in [1.165, 1.54) is 6.20 Å². The van der Waals surface area contributed by atoms with Crippen LogP contribution in [0.15, 0.2) is 11.1 Å². The number of sulfonamides is 1. The van der Waals surface area contributed by atoms with Crippen molar-refractivity contribution < 1.29 is 13.2 Å². The summed E-state index contributed by atoms with van der Waals surface area (Å²) in [4.78, 5) is 0.231. The van der Waals surface area contributed by atoms with Crippen molar-refractivity contribution in [3.63, 3.8) is 0 Å². The van der Waals surface area contributed by atoms with Crippen LogP contribution in [0.1, 0.15) is 25.5 Å². The second-order valence-electron chi connectivity index (χ2n) is 4.68. The number of aryl methyl sites for hydroxylation is 1. The molecular weight excluding hydrogens is 254 g/mol. The highest BCUT2D eigenvalue weighted by Crippen LogP contribution is 2.18. The zero-order valence-electron chi connectivity index (χ0n) is 10.9. The summed E-state index contributed by atoms with van der Waals surface area (Å²) in [5, 5.41) is 3.95. The topological polar surface area (TPSA) is 73.2 Å². The second kappa shape index (κ2) is 4.99. The molecule has 0 aromatic carbocycles. The van der Waals surface area contributed by atoms with Gasteiger partial charge in [0.2, 0.25) is 10.0 Å². The van der Waals surface area contributed by atoms with Gasteiger partial charge in [0.05, 0.1) is 18.0 Å². The molecule has 0 amide bonds. The van der Waals surface area contributed by atoms with Gasteiger partial charge in [-0.05, 0) is 26.7 Å². The summed E-state index contributed by atoms with van der Waals surface area (Å²) >= 11 is 0. The van der Waals surface area contributed by atoms with E-state index in [1.54, 1.807) is 18.7 Å². The fraction of sp³-hybridized carbons (Fsp3) is 0.727. The molecule has 0 bridgehead atoms. The lowest BCUT2D eigenvalue weighted by Crippen LogP contribution is -2.40. The van der Waals surface area contributed by atoms with Crippen LogP contribution in [0, 0.1) is 6.92 Å². The third-order valence-corrected chi connectivity index (χ3v) is 5.01. The molecule has 1 aliphatic rings. The minimum atomic E-state index is -3.52. The largest absolute Gasteiger partial charge is 0.377 e. The Kier molecular flexibility index (Phi) is 3.74. The predicted molar refractivity (Wildman–Crippen MR) is 66.7 cm³/mol. The van der Waals surface area contributed by atoms with Crippen LogP contribution in [0.2, 0.25) is 0 Å². The third-order valence-electron chi connectivity index (χ3n) is 3.34. The first kappa shape index (κ1) is 13.5. The maximum atomic E-state index is 12.2. The fourth-order valence-corrected chi connectivity index (χ4v) is 3.60. The number of rotatable bonds is 4. The predicted octanol–water partition coefficient (Wildman–Crippen LogP) is 0.574. The lowest BCUT2D eigenvalue weighted by Gasteiger charge is -2.19. The van der Waals surface area contributed by atoms with Crippen LogP contribution in [0.25, 0.3) is 0 Å². The molecule has 0 saturated carbocycles. The van der Waals surface area contributed by atoms with E-state index >= 15 is 0 Å². The Bertz CT molecular complexity index is 518. The normalized spacial score (nSPS) is 22.3. The SMILES string of the molecule is Cc1c(S(=O)(=O)NC(C)C2CCCO2)cnn1C. The van der Waals surface area contributed by atoms with Crippen molar-refractivity contribution in [3.05, 3.63) is 11.9 Å². The van der Waals surface area contributed by atoms with Crippen molar-refractivity contribution in [1.82, 2.24) is 14.5 Å². The quantitative estimate of drug-likeness (QED) is 0.870. The van der Waals surface area contributed by atoms with Crippen LogP contribution < -0.4 is 4.72 Å². The smallest absolute Gasteiger partial charge is 0.244 e. The average Bonchev–Trinajstić information content (AvgIpc) is 2.89. The average molecular weight is 273 g/mol. The van der Waals surface area contributed by atoms with Crippen molar-refractivity contribution in [1.29, 1.82) is 0 Å². The van der Waals surface area contributed by atoms with Crippen molar-refractivity contribution in [2.45, 2.75) is 43.7 Å². The number of hydrogen-bond donors (Lipinski definition) is 1. The summed E-state index contributed by atoms with van der Waals surface area (Å²) in [6, 6.07) is -0.225. The molecule has 1 N–H and O–H groups in total. The monoisotopic (exact) mass is 273 g/mol. The molecule has 2 atom stereocenters. The number of nitrogens with zero attached hydrogens (tertiary/aromatic N) is 2. The van der Waals surface area contributed by atoms with E-state index in [2.05, 4.69) is 9.82 Å². The van der Waals surface area contributed by atoms with Crippen LogP contribution in [0.4, 0.5) is 0 Å². The van der Waals surface area contributed by atoms with Gasteiger partial charge in [-0.1, -0.05) is 0 Å². The van der Waals surface area contributed by atoms with Crippen molar-refractivity contribution in [2.75, 3.05) is 6.61 Å². The molecule has 102 valence electrons. The molecule has 2 heterocycles. The van der Waals surface area contributed by atoms with Gasteiger partial charge >= 0.3 is 0 Å². The van der Waals surface area contributed by atoms with Gasteiger partial charge in [-0.15, -0.1) is 0 Å². The van der Waals surface area contributed by atoms with Gasteiger partial charge in [0, 0.05) is 19.7 Å². The summed E-state index contributed by atoms with van der Waals surface area (Å²) < 4.78 is 34.1. The Morgan fingerprint density at radius 1 is 1.61 bits per heavy atom. The highest BCUT2D eigenvalue weighted by molar-refractivity contribution is 7.89.